The molecule has 0 N–H and O–H groups in total. The number of methoxy groups -OCH3 is 1. The number of aryl methyl sites for hydroxylation is 2. The van der Waals surface area contributed by atoms with E-state index in [0.717, 1.165) is 16.3 Å². The number of aromatic nitrogens is 2. The fourth-order valence-corrected chi connectivity index (χ4v) is 2.56. The van der Waals surface area contributed by atoms with Crippen molar-refractivity contribution in [3.8, 4) is 5.88 Å². The molecule has 7 heteroatoms. The fraction of sp³-hybridized carbons (Fsp3) is 0.176. The molecule has 0 amide bonds. The van der Waals surface area contributed by atoms with Crippen molar-refractivity contribution in [1.82, 2.24) is 5.10 Å². The van der Waals surface area contributed by atoms with E-state index in [2.05, 4.69) is 5.10 Å². The van der Waals surface area contributed by atoms with Gasteiger partial charge in [0.25, 0.3) is 5.88 Å². The zero-order valence-corrected chi connectivity index (χ0v) is 14.4. The first kappa shape index (κ1) is 17.8. The van der Waals surface area contributed by atoms with Crippen LogP contribution in [0.2, 0.25) is 0 Å². The monoisotopic (exact) mass is 346 g/mol. The quantitative estimate of drug-likeness (QED) is 0.523. The van der Waals surface area contributed by atoms with E-state index in [1.807, 2.05) is 44.4 Å². The highest BCUT2D eigenvalue weighted by molar-refractivity contribution is 7.85. The Labute approximate surface area is 141 Å². The molecule has 0 aliphatic carbocycles. The second-order valence-corrected chi connectivity index (χ2v) is 6.55. The summed E-state index contributed by atoms with van der Waals surface area (Å²) in [6.07, 6.45) is 1.97. The van der Waals surface area contributed by atoms with Gasteiger partial charge in [0, 0.05) is 5.10 Å². The maximum Gasteiger partial charge on any atom is 0.286 e. The predicted molar refractivity (Wildman–Crippen MR) is 88.6 cm³/mol. The Morgan fingerprint density at radius 3 is 2.29 bits per heavy atom. The molecule has 0 bridgehead atoms. The molecule has 2 aromatic carbocycles. The van der Waals surface area contributed by atoms with Gasteiger partial charge in [0.15, 0.2) is 7.05 Å². The van der Waals surface area contributed by atoms with Crippen LogP contribution < -0.4 is 9.42 Å². The lowest BCUT2D eigenvalue weighted by molar-refractivity contribution is -0.729. The normalized spacial score (nSPS) is 10.8. The molecule has 0 saturated heterocycles. The lowest BCUT2D eigenvalue weighted by Crippen LogP contribution is -2.32. The summed E-state index contributed by atoms with van der Waals surface area (Å²) >= 11 is 0. The van der Waals surface area contributed by atoms with Gasteiger partial charge >= 0.3 is 0 Å². The number of fused-ring (bicyclic) bond motifs is 1. The average Bonchev–Trinajstić information content (AvgIpc) is 2.54. The minimum Gasteiger partial charge on any atom is -0.744 e. The summed E-state index contributed by atoms with van der Waals surface area (Å²) in [4.78, 5) is -0.178. The van der Waals surface area contributed by atoms with Gasteiger partial charge < -0.3 is 9.29 Å². The van der Waals surface area contributed by atoms with Crippen LogP contribution in [0.4, 0.5) is 0 Å². The number of ether oxygens (including phenoxy) is 1. The van der Waals surface area contributed by atoms with E-state index in [9.17, 15) is 13.0 Å². The van der Waals surface area contributed by atoms with Gasteiger partial charge in [-0.3, -0.25) is 0 Å². The minimum atomic E-state index is -4.27. The van der Waals surface area contributed by atoms with Crippen LogP contribution in [0.5, 0.6) is 5.88 Å². The molecule has 3 aromatic rings. The van der Waals surface area contributed by atoms with Gasteiger partial charge in [0.05, 0.1) is 22.8 Å². The molecule has 0 atom stereocenters. The predicted octanol–water partition coefficient (Wildman–Crippen LogP) is 1.97. The first-order chi connectivity index (χ1) is 11.3. The van der Waals surface area contributed by atoms with Gasteiger partial charge in [-0.2, -0.15) is 0 Å². The van der Waals surface area contributed by atoms with Crippen molar-refractivity contribution in [2.75, 3.05) is 7.11 Å². The molecule has 0 radical (unpaired) electrons. The molecule has 0 saturated carbocycles. The minimum absolute atomic E-state index is 0.178. The van der Waals surface area contributed by atoms with Crippen molar-refractivity contribution in [2.24, 2.45) is 7.05 Å². The smallest absolute Gasteiger partial charge is 0.286 e. The van der Waals surface area contributed by atoms with Crippen LogP contribution in [-0.2, 0) is 17.2 Å². The van der Waals surface area contributed by atoms with E-state index in [0.29, 0.717) is 5.88 Å². The van der Waals surface area contributed by atoms with E-state index in [-0.39, 0.29) is 4.90 Å². The van der Waals surface area contributed by atoms with Crippen LogP contribution in [0.1, 0.15) is 5.56 Å². The summed E-state index contributed by atoms with van der Waals surface area (Å²) < 4.78 is 38.1. The number of rotatable bonds is 2. The lowest BCUT2D eigenvalue weighted by Gasteiger charge is -2.05. The Hall–Kier alpha value is -2.51. The largest absolute Gasteiger partial charge is 0.744 e. The molecule has 6 nitrogen and oxygen atoms in total. The first-order valence-corrected chi connectivity index (χ1v) is 8.54. The zero-order chi connectivity index (χ0) is 17.7. The molecule has 0 aliphatic rings. The third-order valence-corrected chi connectivity index (χ3v) is 4.12. The zero-order valence-electron chi connectivity index (χ0n) is 13.6. The Morgan fingerprint density at radius 2 is 1.71 bits per heavy atom. The highest BCUT2D eigenvalue weighted by atomic mass is 32.2. The van der Waals surface area contributed by atoms with Gasteiger partial charge in [-0.1, -0.05) is 34.5 Å². The van der Waals surface area contributed by atoms with Crippen LogP contribution in [0.25, 0.3) is 10.8 Å². The second-order valence-electron chi connectivity index (χ2n) is 5.17. The maximum absolute atomic E-state index is 10.4. The Balaban J connectivity index is 0.000000177. The number of hydrogen-bond acceptors (Lipinski definition) is 5. The van der Waals surface area contributed by atoms with E-state index in [1.54, 1.807) is 23.9 Å². The van der Waals surface area contributed by atoms with Crippen LogP contribution in [0.3, 0.4) is 0 Å². The Kier molecular flexibility index (Phi) is 5.48. The molecular formula is C17H18N2O4S. The highest BCUT2D eigenvalue weighted by Gasteiger charge is 2.07. The molecule has 0 aliphatic heterocycles. The highest BCUT2D eigenvalue weighted by Crippen LogP contribution is 2.19. The summed E-state index contributed by atoms with van der Waals surface area (Å²) in [5.41, 5.74) is 0.928. The number of nitrogens with zero attached hydrogens (tertiary/aromatic N) is 2. The van der Waals surface area contributed by atoms with Crippen LogP contribution in [0, 0.1) is 6.92 Å². The van der Waals surface area contributed by atoms with Gasteiger partial charge in [-0.25, -0.2) is 8.42 Å². The summed E-state index contributed by atoms with van der Waals surface area (Å²) in [5.74, 6) is 0.667. The average molecular weight is 346 g/mol. The van der Waals surface area contributed by atoms with E-state index >= 15 is 0 Å². The maximum atomic E-state index is 10.4. The Morgan fingerprint density at radius 1 is 1.08 bits per heavy atom. The molecule has 1 aromatic heterocycles. The molecule has 0 unspecified atom stereocenters. The van der Waals surface area contributed by atoms with Crippen LogP contribution in [-0.4, -0.2) is 25.2 Å². The van der Waals surface area contributed by atoms with Crippen molar-refractivity contribution >= 4 is 20.9 Å². The molecular weight excluding hydrogens is 328 g/mol. The van der Waals surface area contributed by atoms with E-state index < -0.39 is 10.1 Å². The Bertz CT molecular complexity index is 938. The van der Waals surface area contributed by atoms with Gasteiger partial charge in [-0.15, -0.1) is 0 Å². The second kappa shape index (κ2) is 7.37. The molecule has 126 valence electrons. The van der Waals surface area contributed by atoms with Crippen LogP contribution in [0.15, 0.2) is 59.6 Å². The SMILES string of the molecule is COc1n[n+](C)cc2ccccc12.Cc1ccc(S(=O)(=O)[O-])cc1. The molecule has 0 spiro atoms. The molecule has 24 heavy (non-hydrogen) atoms. The van der Waals surface area contributed by atoms with Gasteiger partial charge in [0.2, 0.25) is 6.20 Å². The molecule has 3 rings (SSSR count). The van der Waals surface area contributed by atoms with Crippen molar-refractivity contribution < 1.29 is 22.4 Å². The third kappa shape index (κ3) is 4.50. The van der Waals surface area contributed by atoms with E-state index in [1.165, 1.54) is 12.1 Å². The summed E-state index contributed by atoms with van der Waals surface area (Å²) in [6, 6.07) is 13.8. The van der Waals surface area contributed by atoms with E-state index in [4.69, 9.17) is 4.74 Å². The topological polar surface area (TPSA) is 83.2 Å². The number of benzene rings is 2. The fourth-order valence-electron chi connectivity index (χ4n) is 2.09. The van der Waals surface area contributed by atoms with Crippen molar-refractivity contribution in [1.29, 1.82) is 0 Å². The molecule has 1 heterocycles. The van der Waals surface area contributed by atoms with Gasteiger partial charge in [0.1, 0.15) is 10.1 Å². The summed E-state index contributed by atoms with van der Waals surface area (Å²) in [7, 11) is -0.752. The standard InChI is InChI=1S/C10H11N2O.C7H8O3S/c1-12-7-8-5-3-4-6-9(8)10(11-12)13-2;1-6-2-4-7(5-3-6)11(8,9)10/h3-7H,1-2H3;2-5H,1H3,(H,8,9,10)/q+1;/p-1. The van der Waals surface area contributed by atoms with Crippen LogP contribution >= 0.6 is 0 Å². The van der Waals surface area contributed by atoms with Crippen molar-refractivity contribution in [3.05, 3.63) is 60.3 Å². The van der Waals surface area contributed by atoms with Gasteiger partial charge in [-0.05, 0) is 31.2 Å². The lowest BCUT2D eigenvalue weighted by atomic mass is 10.2. The molecule has 0 fully saturated rings. The first-order valence-electron chi connectivity index (χ1n) is 7.13. The summed E-state index contributed by atoms with van der Waals surface area (Å²) in [6.45, 7) is 1.82. The van der Waals surface area contributed by atoms with Crippen molar-refractivity contribution in [2.45, 2.75) is 11.8 Å². The van der Waals surface area contributed by atoms with Crippen molar-refractivity contribution in [3.63, 3.8) is 0 Å². The number of hydrogen-bond donors (Lipinski definition) is 0. The summed E-state index contributed by atoms with van der Waals surface area (Å²) in [5, 5.41) is 6.39. The third-order valence-electron chi connectivity index (χ3n) is 3.27.